The summed E-state index contributed by atoms with van der Waals surface area (Å²) in [6.45, 7) is 0.629. The van der Waals surface area contributed by atoms with Crippen LogP contribution in [-0.2, 0) is 21.4 Å². The molecule has 194 valence electrons. The summed E-state index contributed by atoms with van der Waals surface area (Å²) in [7, 11) is -2.31. The summed E-state index contributed by atoms with van der Waals surface area (Å²) in [6.07, 6.45) is 2.43. The molecule has 1 fully saturated rings. The van der Waals surface area contributed by atoms with Crippen LogP contribution in [0.15, 0.2) is 81.2 Å². The molecule has 1 aliphatic rings. The van der Waals surface area contributed by atoms with Crippen LogP contribution in [-0.4, -0.2) is 44.5 Å². The van der Waals surface area contributed by atoms with E-state index in [-0.39, 0.29) is 11.4 Å². The summed E-state index contributed by atoms with van der Waals surface area (Å²) < 4.78 is 39.4. The lowest BCUT2D eigenvalue weighted by Crippen LogP contribution is -2.44. The zero-order valence-corrected chi connectivity index (χ0v) is 23.1. The zero-order valence-electron chi connectivity index (χ0n) is 19.9. The zero-order chi connectivity index (χ0) is 26.4. The van der Waals surface area contributed by atoms with E-state index in [1.165, 1.54) is 41.9 Å². The molecule has 8 nitrogen and oxygen atoms in total. The Morgan fingerprint density at radius 2 is 1.89 bits per heavy atom. The lowest BCUT2D eigenvalue weighted by molar-refractivity contribution is -0.124. The van der Waals surface area contributed by atoms with Gasteiger partial charge in [0.05, 0.1) is 18.2 Å². The molecule has 0 aromatic heterocycles. The second-order valence-corrected chi connectivity index (χ2v) is 11.4. The standard InChI is InChI=1S/C26H25BrClN3O5S/c1-35-24-14-19(22(27)15-25(24)36-17-18-6-3-2-4-7-18)16-29-30-26(32)23-8-5-13-31(23)37(33,34)21-11-9-20(28)10-12-21/h2-4,6-7,9-12,14-16,23H,5,8,13,17H2,1H3,(H,30,32)/b29-16-/t23-/m0/s1. The number of carbonyl (C=O) groups is 1. The Labute approximate surface area is 229 Å². The molecular weight excluding hydrogens is 582 g/mol. The van der Waals surface area contributed by atoms with Crippen LogP contribution in [0.3, 0.4) is 0 Å². The highest BCUT2D eigenvalue weighted by molar-refractivity contribution is 9.10. The normalized spacial score (nSPS) is 16.1. The number of ether oxygens (including phenoxy) is 2. The summed E-state index contributed by atoms with van der Waals surface area (Å²) in [5.41, 5.74) is 4.13. The number of sulfonamides is 1. The summed E-state index contributed by atoms with van der Waals surface area (Å²) >= 11 is 9.38. The number of benzene rings is 3. The van der Waals surface area contributed by atoms with Crippen molar-refractivity contribution in [2.75, 3.05) is 13.7 Å². The Bertz CT molecular complexity index is 1390. The molecule has 1 saturated heterocycles. The molecule has 1 heterocycles. The van der Waals surface area contributed by atoms with Gasteiger partial charge in [-0.05, 0) is 70.7 Å². The predicted octanol–water partition coefficient (Wildman–Crippen LogP) is 4.99. The third kappa shape index (κ3) is 6.51. The molecule has 0 saturated carbocycles. The molecule has 1 aliphatic heterocycles. The number of nitrogens with one attached hydrogen (secondary N) is 1. The maximum absolute atomic E-state index is 13.1. The second kappa shape index (κ2) is 12.1. The molecule has 0 unspecified atom stereocenters. The van der Waals surface area contributed by atoms with Gasteiger partial charge in [0.15, 0.2) is 11.5 Å². The van der Waals surface area contributed by atoms with Gasteiger partial charge in [0.2, 0.25) is 10.0 Å². The summed E-state index contributed by atoms with van der Waals surface area (Å²) in [4.78, 5) is 12.9. The largest absolute Gasteiger partial charge is 0.493 e. The first-order chi connectivity index (χ1) is 17.8. The minimum atomic E-state index is -3.85. The van der Waals surface area contributed by atoms with Crippen molar-refractivity contribution in [1.82, 2.24) is 9.73 Å². The highest BCUT2D eigenvalue weighted by atomic mass is 79.9. The van der Waals surface area contributed by atoms with E-state index in [9.17, 15) is 13.2 Å². The predicted molar refractivity (Wildman–Crippen MR) is 146 cm³/mol. The Morgan fingerprint density at radius 3 is 2.59 bits per heavy atom. The molecule has 1 N–H and O–H groups in total. The van der Waals surface area contributed by atoms with E-state index < -0.39 is 22.0 Å². The number of hydrogen-bond donors (Lipinski definition) is 1. The Hall–Kier alpha value is -2.92. The van der Waals surface area contributed by atoms with Crippen LogP contribution >= 0.6 is 27.5 Å². The monoisotopic (exact) mass is 605 g/mol. The smallest absolute Gasteiger partial charge is 0.258 e. The quantitative estimate of drug-likeness (QED) is 0.273. The van der Waals surface area contributed by atoms with Crippen molar-refractivity contribution in [3.63, 3.8) is 0 Å². The number of hydrogen-bond acceptors (Lipinski definition) is 6. The number of carbonyl (C=O) groups excluding carboxylic acids is 1. The fourth-order valence-electron chi connectivity index (χ4n) is 3.93. The minimum absolute atomic E-state index is 0.0886. The molecule has 4 rings (SSSR count). The van der Waals surface area contributed by atoms with Gasteiger partial charge in [0.1, 0.15) is 12.6 Å². The van der Waals surface area contributed by atoms with Crippen LogP contribution < -0.4 is 14.9 Å². The van der Waals surface area contributed by atoms with E-state index in [2.05, 4.69) is 26.5 Å². The number of amides is 1. The fraction of sp³-hybridized carbons (Fsp3) is 0.231. The molecular formula is C26H25BrClN3O5S. The van der Waals surface area contributed by atoms with Gasteiger partial charge >= 0.3 is 0 Å². The first kappa shape index (κ1) is 27.1. The van der Waals surface area contributed by atoms with Crippen LogP contribution in [0.5, 0.6) is 11.5 Å². The molecule has 0 radical (unpaired) electrons. The van der Waals surface area contributed by atoms with Gasteiger partial charge < -0.3 is 9.47 Å². The van der Waals surface area contributed by atoms with E-state index in [1.807, 2.05) is 30.3 Å². The van der Waals surface area contributed by atoms with Gasteiger partial charge in [-0.15, -0.1) is 0 Å². The van der Waals surface area contributed by atoms with Crippen LogP contribution in [0.1, 0.15) is 24.0 Å². The number of methoxy groups -OCH3 is 1. The van der Waals surface area contributed by atoms with E-state index in [0.717, 1.165) is 5.56 Å². The van der Waals surface area contributed by atoms with Crippen LogP contribution in [0, 0.1) is 0 Å². The molecule has 1 amide bonds. The summed E-state index contributed by atoms with van der Waals surface area (Å²) in [6, 6.07) is 18.3. The van der Waals surface area contributed by atoms with Gasteiger partial charge in [0.25, 0.3) is 5.91 Å². The number of hydrazone groups is 1. The third-order valence-electron chi connectivity index (χ3n) is 5.83. The van der Waals surface area contributed by atoms with Crippen molar-refractivity contribution in [3.05, 3.63) is 87.4 Å². The Kier molecular flexibility index (Phi) is 8.86. The topological polar surface area (TPSA) is 97.3 Å². The van der Waals surface area contributed by atoms with Crippen LogP contribution in [0.4, 0.5) is 0 Å². The molecule has 0 spiro atoms. The molecule has 0 bridgehead atoms. The van der Waals surface area contributed by atoms with E-state index >= 15 is 0 Å². The lowest BCUT2D eigenvalue weighted by Gasteiger charge is -2.22. The maximum Gasteiger partial charge on any atom is 0.258 e. The van der Waals surface area contributed by atoms with Gasteiger partial charge in [-0.3, -0.25) is 4.79 Å². The summed E-state index contributed by atoms with van der Waals surface area (Å²) in [5.74, 6) is 0.550. The van der Waals surface area contributed by atoms with Crippen molar-refractivity contribution in [2.24, 2.45) is 5.10 Å². The van der Waals surface area contributed by atoms with Gasteiger partial charge in [-0.2, -0.15) is 9.41 Å². The van der Waals surface area contributed by atoms with Crippen molar-refractivity contribution < 1.29 is 22.7 Å². The van der Waals surface area contributed by atoms with E-state index in [1.54, 1.807) is 12.1 Å². The number of nitrogens with zero attached hydrogens (tertiary/aromatic N) is 2. The maximum atomic E-state index is 13.1. The van der Waals surface area contributed by atoms with E-state index in [0.29, 0.717) is 46.0 Å². The molecule has 3 aromatic carbocycles. The van der Waals surface area contributed by atoms with Crippen LogP contribution in [0.25, 0.3) is 0 Å². The van der Waals surface area contributed by atoms with Crippen molar-refractivity contribution >= 4 is 49.7 Å². The highest BCUT2D eigenvalue weighted by Gasteiger charge is 2.39. The fourth-order valence-corrected chi connectivity index (χ4v) is 6.14. The van der Waals surface area contributed by atoms with Crippen molar-refractivity contribution in [3.8, 4) is 11.5 Å². The van der Waals surface area contributed by atoms with Gasteiger partial charge in [-0.25, -0.2) is 13.8 Å². The van der Waals surface area contributed by atoms with Crippen molar-refractivity contribution in [2.45, 2.75) is 30.4 Å². The molecule has 11 heteroatoms. The average molecular weight is 607 g/mol. The number of rotatable bonds is 9. The van der Waals surface area contributed by atoms with Crippen LogP contribution in [0.2, 0.25) is 5.02 Å². The average Bonchev–Trinajstić information content (AvgIpc) is 3.40. The molecule has 3 aromatic rings. The SMILES string of the molecule is COc1cc(/C=N\NC(=O)[C@@H]2CCCN2S(=O)(=O)c2ccc(Cl)cc2)c(Br)cc1OCc1ccccc1. The third-order valence-corrected chi connectivity index (χ3v) is 8.69. The second-order valence-electron chi connectivity index (χ2n) is 8.26. The van der Waals surface area contributed by atoms with Crippen molar-refractivity contribution in [1.29, 1.82) is 0 Å². The Balaban J connectivity index is 1.43. The lowest BCUT2D eigenvalue weighted by atomic mass is 10.2. The minimum Gasteiger partial charge on any atom is -0.493 e. The molecule has 1 atom stereocenters. The van der Waals surface area contributed by atoms with Gasteiger partial charge in [0, 0.05) is 21.6 Å². The first-order valence-corrected chi connectivity index (χ1v) is 14.1. The first-order valence-electron chi connectivity index (χ1n) is 11.4. The van der Waals surface area contributed by atoms with E-state index in [4.69, 9.17) is 21.1 Å². The molecule has 0 aliphatic carbocycles. The Morgan fingerprint density at radius 1 is 1.16 bits per heavy atom. The number of halogens is 2. The summed E-state index contributed by atoms with van der Waals surface area (Å²) in [5, 5.41) is 4.49. The molecule has 37 heavy (non-hydrogen) atoms. The van der Waals surface area contributed by atoms with Gasteiger partial charge in [-0.1, -0.05) is 41.9 Å². The highest BCUT2D eigenvalue weighted by Crippen LogP contribution is 2.33.